The van der Waals surface area contributed by atoms with E-state index in [-0.39, 0.29) is 0 Å². The van der Waals surface area contributed by atoms with E-state index in [0.29, 0.717) is 0 Å². The molecule has 0 fully saturated rings. The molecule has 0 bridgehead atoms. The van der Waals surface area contributed by atoms with Crippen molar-refractivity contribution in [2.45, 2.75) is 13.8 Å². The minimum absolute atomic E-state index is 1.03. The molecule has 0 aliphatic carbocycles. The van der Waals surface area contributed by atoms with Crippen LogP contribution in [0, 0.1) is 13.8 Å². The lowest BCUT2D eigenvalue weighted by molar-refractivity contribution is 1.17. The molecule has 1 aromatic carbocycles. The normalized spacial score (nSPS) is 11.9. The van der Waals surface area contributed by atoms with Gasteiger partial charge >= 0.3 is 0 Å². The first-order valence-corrected chi connectivity index (χ1v) is 6.10. The van der Waals surface area contributed by atoms with Crippen LogP contribution in [0.2, 0.25) is 0 Å². The number of rotatable bonds is 0. The smallest absolute Gasteiger partial charge is 0.143 e. The van der Waals surface area contributed by atoms with Crippen LogP contribution in [0.5, 0.6) is 0 Å². The zero-order chi connectivity index (χ0) is 12.3. The predicted molar refractivity (Wildman–Crippen MR) is 74.0 cm³/mol. The van der Waals surface area contributed by atoms with Gasteiger partial charge in [-0.25, -0.2) is 4.98 Å². The SMILES string of the molecule is Cc1cccc2[nH]c3c(nc4c(C)cccn43)c12. The molecular formula is C15H13N3. The van der Waals surface area contributed by atoms with Crippen LogP contribution < -0.4 is 0 Å². The minimum atomic E-state index is 1.03. The summed E-state index contributed by atoms with van der Waals surface area (Å²) in [6.45, 7) is 4.22. The fourth-order valence-electron chi connectivity index (χ4n) is 2.71. The van der Waals surface area contributed by atoms with Crippen LogP contribution in [0.3, 0.4) is 0 Å². The van der Waals surface area contributed by atoms with Gasteiger partial charge in [0.15, 0.2) is 0 Å². The average Bonchev–Trinajstić information content (AvgIpc) is 2.87. The van der Waals surface area contributed by atoms with Crippen LogP contribution in [-0.4, -0.2) is 14.4 Å². The van der Waals surface area contributed by atoms with Gasteiger partial charge < -0.3 is 4.98 Å². The van der Waals surface area contributed by atoms with Gasteiger partial charge in [-0.05, 0) is 37.1 Å². The highest BCUT2D eigenvalue weighted by Crippen LogP contribution is 2.28. The molecule has 0 aliphatic heterocycles. The molecule has 0 amide bonds. The standard InChI is InChI=1S/C15H13N3/c1-9-5-3-7-11-12(9)13-15(16-11)18-8-4-6-10(2)14(18)17-13/h3-8,16H,1-2H3. The number of nitrogens with zero attached hydrogens (tertiary/aromatic N) is 2. The Kier molecular flexibility index (Phi) is 1.69. The van der Waals surface area contributed by atoms with E-state index in [2.05, 4.69) is 59.8 Å². The molecule has 3 nitrogen and oxygen atoms in total. The van der Waals surface area contributed by atoms with Crippen LogP contribution in [-0.2, 0) is 0 Å². The number of H-pyrrole nitrogens is 1. The summed E-state index contributed by atoms with van der Waals surface area (Å²) in [6, 6.07) is 10.5. The third-order valence-corrected chi connectivity index (χ3v) is 3.61. The highest BCUT2D eigenvalue weighted by Gasteiger charge is 2.13. The molecule has 3 heteroatoms. The number of aryl methyl sites for hydroxylation is 2. The molecule has 0 radical (unpaired) electrons. The van der Waals surface area contributed by atoms with E-state index in [9.17, 15) is 0 Å². The molecule has 0 spiro atoms. The van der Waals surface area contributed by atoms with Gasteiger partial charge in [0.1, 0.15) is 16.8 Å². The lowest BCUT2D eigenvalue weighted by atomic mass is 10.1. The minimum Gasteiger partial charge on any atom is -0.339 e. The second-order valence-electron chi connectivity index (χ2n) is 4.82. The van der Waals surface area contributed by atoms with Gasteiger partial charge in [0, 0.05) is 17.1 Å². The van der Waals surface area contributed by atoms with E-state index >= 15 is 0 Å². The average molecular weight is 235 g/mol. The van der Waals surface area contributed by atoms with E-state index in [1.807, 2.05) is 0 Å². The molecule has 0 saturated heterocycles. The van der Waals surface area contributed by atoms with Crippen molar-refractivity contribution in [1.29, 1.82) is 0 Å². The van der Waals surface area contributed by atoms with Crippen LogP contribution in [0.15, 0.2) is 36.5 Å². The van der Waals surface area contributed by atoms with Gasteiger partial charge in [0.05, 0.1) is 0 Å². The maximum Gasteiger partial charge on any atom is 0.143 e. The van der Waals surface area contributed by atoms with Gasteiger partial charge in [-0.15, -0.1) is 0 Å². The molecule has 0 atom stereocenters. The van der Waals surface area contributed by atoms with Crippen molar-refractivity contribution >= 4 is 27.7 Å². The van der Waals surface area contributed by atoms with E-state index < -0.39 is 0 Å². The molecular weight excluding hydrogens is 222 g/mol. The zero-order valence-corrected chi connectivity index (χ0v) is 10.4. The summed E-state index contributed by atoms with van der Waals surface area (Å²) in [7, 11) is 0. The van der Waals surface area contributed by atoms with Gasteiger partial charge in [-0.1, -0.05) is 18.2 Å². The van der Waals surface area contributed by atoms with Crippen LogP contribution in [0.1, 0.15) is 11.1 Å². The summed E-state index contributed by atoms with van der Waals surface area (Å²) in [5, 5.41) is 1.23. The van der Waals surface area contributed by atoms with Crippen LogP contribution in [0.25, 0.3) is 27.7 Å². The Morgan fingerprint density at radius 1 is 1.06 bits per heavy atom. The monoisotopic (exact) mass is 235 g/mol. The topological polar surface area (TPSA) is 33.1 Å². The molecule has 88 valence electrons. The number of nitrogens with one attached hydrogen (secondary N) is 1. The largest absolute Gasteiger partial charge is 0.339 e. The Morgan fingerprint density at radius 3 is 2.78 bits per heavy atom. The van der Waals surface area contributed by atoms with Crippen molar-refractivity contribution in [2.24, 2.45) is 0 Å². The number of aromatic nitrogens is 3. The summed E-state index contributed by atoms with van der Waals surface area (Å²) in [5.41, 5.74) is 6.80. The molecule has 18 heavy (non-hydrogen) atoms. The van der Waals surface area contributed by atoms with Crippen molar-refractivity contribution in [3.8, 4) is 0 Å². The van der Waals surface area contributed by atoms with Gasteiger partial charge in [0.2, 0.25) is 0 Å². The molecule has 0 saturated carbocycles. The van der Waals surface area contributed by atoms with Crippen molar-refractivity contribution in [2.75, 3.05) is 0 Å². The van der Waals surface area contributed by atoms with Crippen LogP contribution >= 0.6 is 0 Å². The maximum atomic E-state index is 4.80. The Balaban J connectivity index is 2.34. The molecule has 4 rings (SSSR count). The molecule has 0 unspecified atom stereocenters. The third-order valence-electron chi connectivity index (χ3n) is 3.61. The summed E-state index contributed by atoms with van der Waals surface area (Å²) in [5.74, 6) is 0. The highest BCUT2D eigenvalue weighted by molar-refractivity contribution is 6.07. The van der Waals surface area contributed by atoms with E-state index in [1.165, 1.54) is 16.5 Å². The van der Waals surface area contributed by atoms with Crippen molar-refractivity contribution in [3.05, 3.63) is 47.7 Å². The number of benzene rings is 1. The first kappa shape index (κ1) is 9.71. The van der Waals surface area contributed by atoms with Crippen molar-refractivity contribution in [3.63, 3.8) is 0 Å². The van der Waals surface area contributed by atoms with E-state index in [0.717, 1.165) is 22.3 Å². The van der Waals surface area contributed by atoms with Gasteiger partial charge in [0.25, 0.3) is 0 Å². The fraction of sp³-hybridized carbons (Fsp3) is 0.133. The number of hydrogen-bond acceptors (Lipinski definition) is 1. The van der Waals surface area contributed by atoms with Crippen molar-refractivity contribution < 1.29 is 0 Å². The Hall–Kier alpha value is -2.29. The highest BCUT2D eigenvalue weighted by atomic mass is 15.1. The summed E-state index contributed by atoms with van der Waals surface area (Å²) < 4.78 is 2.13. The number of hydrogen-bond donors (Lipinski definition) is 1. The first-order valence-electron chi connectivity index (χ1n) is 6.10. The van der Waals surface area contributed by atoms with E-state index in [1.54, 1.807) is 0 Å². The Bertz CT molecular complexity index is 896. The second-order valence-corrected chi connectivity index (χ2v) is 4.82. The molecule has 0 aliphatic rings. The third kappa shape index (κ3) is 1.06. The Morgan fingerprint density at radius 2 is 1.89 bits per heavy atom. The molecule has 3 aromatic heterocycles. The lowest BCUT2D eigenvalue weighted by Gasteiger charge is -1.97. The predicted octanol–water partition coefficient (Wildman–Crippen LogP) is 3.59. The van der Waals surface area contributed by atoms with Gasteiger partial charge in [-0.3, -0.25) is 4.40 Å². The molecule has 3 heterocycles. The lowest BCUT2D eigenvalue weighted by Crippen LogP contribution is -1.87. The van der Waals surface area contributed by atoms with Crippen LogP contribution in [0.4, 0.5) is 0 Å². The first-order chi connectivity index (χ1) is 8.75. The number of imidazole rings is 1. The summed E-state index contributed by atoms with van der Waals surface area (Å²) in [4.78, 5) is 8.26. The number of aromatic amines is 1. The van der Waals surface area contributed by atoms with E-state index in [4.69, 9.17) is 4.98 Å². The fourth-order valence-corrected chi connectivity index (χ4v) is 2.71. The molecule has 4 aromatic rings. The summed E-state index contributed by atoms with van der Waals surface area (Å²) >= 11 is 0. The maximum absolute atomic E-state index is 4.80. The van der Waals surface area contributed by atoms with Gasteiger partial charge in [-0.2, -0.15) is 0 Å². The summed E-state index contributed by atoms with van der Waals surface area (Å²) in [6.07, 6.45) is 2.06. The second kappa shape index (κ2) is 3.13. The molecule has 1 N–H and O–H groups in total. The quantitative estimate of drug-likeness (QED) is 0.496. The Labute approximate surface area is 104 Å². The number of pyridine rings is 1. The number of fused-ring (bicyclic) bond motifs is 5. The zero-order valence-electron chi connectivity index (χ0n) is 10.4. The van der Waals surface area contributed by atoms with Crippen molar-refractivity contribution in [1.82, 2.24) is 14.4 Å².